The summed E-state index contributed by atoms with van der Waals surface area (Å²) in [4.78, 5) is 7.40. The number of oxazole rings is 2. The van der Waals surface area contributed by atoms with Crippen LogP contribution in [0.5, 0.6) is 12.2 Å². The van der Waals surface area contributed by atoms with E-state index >= 15 is 0 Å². The maximum absolute atomic E-state index is 9.00. The van der Waals surface area contributed by atoms with Crippen LogP contribution in [-0.4, -0.2) is 9.97 Å². The van der Waals surface area contributed by atoms with Crippen molar-refractivity contribution in [1.82, 2.24) is 9.97 Å². The number of ether oxygens (including phenoxy) is 1. The zero-order valence-corrected chi connectivity index (χ0v) is 6.38. The minimum absolute atomic E-state index is 0.118. The number of aromatic nitrogens is 2. The molecule has 0 saturated carbocycles. The van der Waals surface area contributed by atoms with Crippen LogP contribution in [0.1, 0.15) is 0 Å². The predicted molar refractivity (Wildman–Crippen MR) is 38.4 cm³/mol. The molecule has 0 aliphatic rings. The number of halogens is 1. The van der Waals surface area contributed by atoms with Gasteiger partial charge >= 0.3 is 12.2 Å². The molecule has 2 aromatic heterocycles. The van der Waals surface area contributed by atoms with E-state index in [4.69, 9.17) is 18.1 Å². The molecule has 0 aliphatic carbocycles. The van der Waals surface area contributed by atoms with Crippen LogP contribution in [0.2, 0.25) is 0 Å². The maximum Gasteiger partial charge on any atom is 0.402 e. The van der Waals surface area contributed by atoms with E-state index in [9.17, 15) is 0 Å². The van der Waals surface area contributed by atoms with Gasteiger partial charge in [-0.25, -0.2) is 0 Å². The van der Waals surface area contributed by atoms with E-state index in [1.807, 2.05) is 0 Å². The standard InChI is InChI=1S/C6H4N2O3.FH2N/c1-3-9-5(7-1)11-6-8-2-4-10-6;1-2/h1-4H;2H2. The van der Waals surface area contributed by atoms with Gasteiger partial charge in [-0.15, -0.1) is 4.48 Å². The molecule has 0 amide bonds. The minimum Gasteiger partial charge on any atom is -0.417 e. The van der Waals surface area contributed by atoms with E-state index in [-0.39, 0.29) is 12.2 Å². The molecule has 13 heavy (non-hydrogen) atoms. The van der Waals surface area contributed by atoms with Crippen molar-refractivity contribution in [2.24, 2.45) is 5.96 Å². The van der Waals surface area contributed by atoms with Crippen LogP contribution in [0, 0.1) is 0 Å². The highest BCUT2D eigenvalue weighted by Gasteiger charge is 2.03. The zero-order chi connectivity index (χ0) is 9.52. The summed E-state index contributed by atoms with van der Waals surface area (Å²) in [6, 6.07) is 0. The highest BCUT2D eigenvalue weighted by atomic mass is 19.2. The van der Waals surface area contributed by atoms with Gasteiger partial charge in [-0.3, -0.25) is 0 Å². The molecule has 0 radical (unpaired) electrons. The smallest absolute Gasteiger partial charge is 0.402 e. The number of hydrogen-bond acceptors (Lipinski definition) is 6. The topological polar surface area (TPSA) is 87.3 Å². The van der Waals surface area contributed by atoms with Gasteiger partial charge in [0.1, 0.15) is 12.5 Å². The van der Waals surface area contributed by atoms with E-state index in [0.717, 1.165) is 0 Å². The van der Waals surface area contributed by atoms with Crippen LogP contribution in [-0.2, 0) is 0 Å². The lowest BCUT2D eigenvalue weighted by Gasteiger charge is -1.89. The normalized spacial score (nSPS) is 8.77. The van der Waals surface area contributed by atoms with E-state index in [1.165, 1.54) is 24.9 Å². The molecule has 0 fully saturated rings. The van der Waals surface area contributed by atoms with Crippen molar-refractivity contribution >= 4 is 0 Å². The summed E-state index contributed by atoms with van der Waals surface area (Å²) in [5, 5.41) is 0. The predicted octanol–water partition coefficient (Wildman–Crippen LogP) is 1.28. The summed E-state index contributed by atoms with van der Waals surface area (Å²) in [6.07, 6.45) is 5.98. The third kappa shape index (κ3) is 2.56. The lowest BCUT2D eigenvalue weighted by atomic mass is 11.0. The first-order chi connectivity index (χ1) is 6.45. The van der Waals surface area contributed by atoms with Gasteiger partial charge in [0, 0.05) is 0 Å². The summed E-state index contributed by atoms with van der Waals surface area (Å²) in [5.41, 5.74) is 0. The lowest BCUT2D eigenvalue weighted by molar-refractivity contribution is 0.257. The van der Waals surface area contributed by atoms with Gasteiger partial charge < -0.3 is 13.6 Å². The van der Waals surface area contributed by atoms with Crippen molar-refractivity contribution in [3.8, 4) is 12.2 Å². The van der Waals surface area contributed by atoms with Crippen LogP contribution < -0.4 is 10.7 Å². The number of hydrogen-bond donors (Lipinski definition) is 1. The first-order valence-corrected chi connectivity index (χ1v) is 3.14. The van der Waals surface area contributed by atoms with Crippen LogP contribution in [0.15, 0.2) is 33.8 Å². The Bertz CT molecular complexity index is 275. The second kappa shape index (κ2) is 4.88. The summed E-state index contributed by atoms with van der Waals surface area (Å²) in [7, 11) is 0. The Morgan fingerprint density at radius 1 is 1.08 bits per heavy atom. The zero-order valence-electron chi connectivity index (χ0n) is 6.38. The van der Waals surface area contributed by atoms with E-state index < -0.39 is 0 Å². The van der Waals surface area contributed by atoms with Gasteiger partial charge in [0.25, 0.3) is 0 Å². The molecule has 2 heterocycles. The van der Waals surface area contributed by atoms with Gasteiger partial charge in [0.2, 0.25) is 0 Å². The number of nitrogens with zero attached hydrogens (tertiary/aromatic N) is 2. The first-order valence-electron chi connectivity index (χ1n) is 3.14. The van der Waals surface area contributed by atoms with Crippen molar-refractivity contribution in [2.75, 3.05) is 0 Å². The Morgan fingerprint density at radius 3 is 1.85 bits per heavy atom. The Kier molecular flexibility index (Phi) is 3.45. The molecule has 0 atom stereocenters. The molecular formula is C6H6FN3O3. The SMILES string of the molecule is NF.c1coc(Oc2ncco2)n1. The van der Waals surface area contributed by atoms with Crippen molar-refractivity contribution in [1.29, 1.82) is 0 Å². The fraction of sp³-hybridized carbons (Fsp3) is 0. The molecule has 70 valence electrons. The fourth-order valence-corrected chi connectivity index (χ4v) is 0.596. The molecule has 0 saturated heterocycles. The molecule has 6 nitrogen and oxygen atoms in total. The molecule has 0 spiro atoms. The average molecular weight is 187 g/mol. The van der Waals surface area contributed by atoms with E-state index in [1.54, 1.807) is 0 Å². The molecule has 0 unspecified atom stereocenters. The Balaban J connectivity index is 0.000000396. The van der Waals surface area contributed by atoms with Crippen molar-refractivity contribution < 1.29 is 18.1 Å². The van der Waals surface area contributed by atoms with Crippen LogP contribution >= 0.6 is 0 Å². The van der Waals surface area contributed by atoms with Crippen LogP contribution in [0.4, 0.5) is 4.48 Å². The fourth-order valence-electron chi connectivity index (χ4n) is 0.596. The number of rotatable bonds is 2. The molecule has 0 aliphatic heterocycles. The van der Waals surface area contributed by atoms with E-state index in [2.05, 4.69) is 15.9 Å². The van der Waals surface area contributed by atoms with Crippen LogP contribution in [0.25, 0.3) is 0 Å². The molecule has 0 bridgehead atoms. The van der Waals surface area contributed by atoms with Crippen molar-refractivity contribution in [3.05, 3.63) is 24.9 Å². The lowest BCUT2D eigenvalue weighted by Crippen LogP contribution is -1.81. The molecule has 7 heteroatoms. The third-order valence-corrected chi connectivity index (χ3v) is 0.994. The second-order valence-corrected chi connectivity index (χ2v) is 1.70. The van der Waals surface area contributed by atoms with Crippen molar-refractivity contribution in [3.63, 3.8) is 0 Å². The molecule has 2 N–H and O–H groups in total. The largest absolute Gasteiger partial charge is 0.417 e. The van der Waals surface area contributed by atoms with Crippen LogP contribution in [0.3, 0.4) is 0 Å². The van der Waals surface area contributed by atoms with E-state index in [0.29, 0.717) is 0 Å². The Hall–Kier alpha value is -1.89. The first kappa shape index (κ1) is 9.20. The average Bonchev–Trinajstić information content (AvgIpc) is 2.81. The minimum atomic E-state index is 0.118. The summed E-state index contributed by atoms with van der Waals surface area (Å²) < 4.78 is 23.4. The van der Waals surface area contributed by atoms with Gasteiger partial charge in [0.05, 0.1) is 12.4 Å². The summed E-state index contributed by atoms with van der Waals surface area (Å²) >= 11 is 0. The summed E-state index contributed by atoms with van der Waals surface area (Å²) in [6.45, 7) is 0. The maximum atomic E-state index is 9.00. The monoisotopic (exact) mass is 187 g/mol. The van der Waals surface area contributed by atoms with Crippen molar-refractivity contribution in [2.45, 2.75) is 0 Å². The highest BCUT2D eigenvalue weighted by molar-refractivity contribution is 4.96. The molecule has 2 aromatic rings. The Morgan fingerprint density at radius 2 is 1.54 bits per heavy atom. The molecular weight excluding hydrogens is 181 g/mol. The Labute approximate surface area is 72.1 Å². The van der Waals surface area contributed by atoms with Gasteiger partial charge in [-0.05, 0) is 0 Å². The van der Waals surface area contributed by atoms with Gasteiger partial charge in [-0.1, -0.05) is 0 Å². The quantitative estimate of drug-likeness (QED) is 0.712. The highest BCUT2D eigenvalue weighted by Crippen LogP contribution is 2.15. The molecule has 0 aromatic carbocycles. The van der Waals surface area contributed by atoms with Gasteiger partial charge in [0.15, 0.2) is 0 Å². The third-order valence-electron chi connectivity index (χ3n) is 0.994. The van der Waals surface area contributed by atoms with Gasteiger partial charge in [-0.2, -0.15) is 15.9 Å². The number of nitrogens with two attached hydrogens (primary N) is 1. The molecule has 2 rings (SSSR count). The second-order valence-electron chi connectivity index (χ2n) is 1.70. The summed E-state index contributed by atoms with van der Waals surface area (Å²) in [5.74, 6) is 3.00.